The van der Waals surface area contributed by atoms with Gasteiger partial charge >= 0.3 is 6.61 Å². The van der Waals surface area contributed by atoms with Gasteiger partial charge in [0.05, 0.1) is 20.3 Å². The molecule has 1 aromatic carbocycles. The number of alkyl halides is 2. The second kappa shape index (κ2) is 11.5. The summed E-state index contributed by atoms with van der Waals surface area (Å²) in [7, 11) is 3.20. The molecule has 1 aliphatic heterocycles. The molecule has 31 heavy (non-hydrogen) atoms. The van der Waals surface area contributed by atoms with Gasteiger partial charge in [-0.2, -0.15) is 8.78 Å². The van der Waals surface area contributed by atoms with Crippen molar-refractivity contribution in [3.8, 4) is 11.5 Å². The molecule has 0 atom stereocenters. The Kier molecular flexibility index (Phi) is 8.71. The summed E-state index contributed by atoms with van der Waals surface area (Å²) >= 11 is 0. The second-order valence-corrected chi connectivity index (χ2v) is 8.02. The summed E-state index contributed by atoms with van der Waals surface area (Å²) in [6, 6.07) is 4.91. The molecular formula is C22H34F2N4O3. The lowest BCUT2D eigenvalue weighted by atomic mass is 9.80. The van der Waals surface area contributed by atoms with E-state index in [9.17, 15) is 8.78 Å². The minimum Gasteiger partial charge on any atom is -0.497 e. The van der Waals surface area contributed by atoms with Crippen LogP contribution in [0.3, 0.4) is 0 Å². The maximum Gasteiger partial charge on any atom is 0.387 e. The van der Waals surface area contributed by atoms with Crippen LogP contribution in [0.15, 0.2) is 23.2 Å². The molecule has 174 valence electrons. The fourth-order valence-electron chi connectivity index (χ4n) is 4.51. The van der Waals surface area contributed by atoms with Crippen molar-refractivity contribution in [3.05, 3.63) is 23.8 Å². The quantitative estimate of drug-likeness (QED) is 0.479. The first-order valence-electron chi connectivity index (χ1n) is 11.0. The number of methoxy groups -OCH3 is 1. The Labute approximate surface area is 183 Å². The Morgan fingerprint density at radius 3 is 2.58 bits per heavy atom. The highest BCUT2D eigenvalue weighted by Crippen LogP contribution is 2.34. The molecule has 1 saturated carbocycles. The smallest absolute Gasteiger partial charge is 0.387 e. The van der Waals surface area contributed by atoms with Gasteiger partial charge < -0.3 is 24.8 Å². The van der Waals surface area contributed by atoms with Crippen molar-refractivity contribution in [2.75, 3.05) is 47.0 Å². The third kappa shape index (κ3) is 6.43. The molecule has 1 aliphatic carbocycles. The Morgan fingerprint density at radius 2 is 1.94 bits per heavy atom. The first kappa shape index (κ1) is 23.5. The summed E-state index contributed by atoms with van der Waals surface area (Å²) in [5.74, 6) is 1.19. The molecule has 0 radical (unpaired) electrons. The van der Waals surface area contributed by atoms with E-state index in [1.807, 2.05) is 0 Å². The molecule has 1 saturated heterocycles. The van der Waals surface area contributed by atoms with E-state index in [-0.39, 0.29) is 11.3 Å². The molecule has 1 heterocycles. The number of nitrogens with zero attached hydrogens (tertiary/aromatic N) is 2. The predicted molar refractivity (Wildman–Crippen MR) is 116 cm³/mol. The average Bonchev–Trinajstić information content (AvgIpc) is 2.80. The number of halogens is 2. The van der Waals surface area contributed by atoms with Gasteiger partial charge in [0.2, 0.25) is 0 Å². The maximum absolute atomic E-state index is 12.8. The van der Waals surface area contributed by atoms with Crippen LogP contribution < -0.4 is 20.1 Å². The number of aliphatic imine (C=N–C) groups is 1. The lowest BCUT2D eigenvalue weighted by Gasteiger charge is -2.48. The van der Waals surface area contributed by atoms with Crippen LogP contribution in [0.25, 0.3) is 0 Å². The number of nitrogens with one attached hydrogen (secondary N) is 2. The van der Waals surface area contributed by atoms with Gasteiger partial charge in [0.25, 0.3) is 0 Å². The number of benzene rings is 1. The largest absolute Gasteiger partial charge is 0.497 e. The second-order valence-electron chi connectivity index (χ2n) is 8.02. The van der Waals surface area contributed by atoms with E-state index < -0.39 is 6.61 Å². The van der Waals surface area contributed by atoms with Gasteiger partial charge in [0.15, 0.2) is 5.96 Å². The van der Waals surface area contributed by atoms with Gasteiger partial charge in [0.1, 0.15) is 11.5 Å². The van der Waals surface area contributed by atoms with Crippen LogP contribution in [0.2, 0.25) is 0 Å². The highest BCUT2D eigenvalue weighted by atomic mass is 19.3. The van der Waals surface area contributed by atoms with Gasteiger partial charge in [-0.3, -0.25) is 9.89 Å². The van der Waals surface area contributed by atoms with E-state index in [0.717, 1.165) is 45.7 Å². The van der Waals surface area contributed by atoms with Crippen molar-refractivity contribution < 1.29 is 23.0 Å². The monoisotopic (exact) mass is 440 g/mol. The minimum atomic E-state index is -2.90. The van der Waals surface area contributed by atoms with Gasteiger partial charge in [-0.15, -0.1) is 0 Å². The molecule has 0 bridgehead atoms. The SMILES string of the molecule is CN=C(NCc1ccc(OC)cc1OC(F)F)NCC1(N2CCOCC2)CCCCC1. The van der Waals surface area contributed by atoms with Crippen molar-refractivity contribution in [1.29, 1.82) is 0 Å². The average molecular weight is 441 g/mol. The minimum absolute atomic E-state index is 0.0920. The van der Waals surface area contributed by atoms with Gasteiger partial charge in [-0.05, 0) is 25.0 Å². The Hall–Kier alpha value is -2.13. The van der Waals surface area contributed by atoms with Crippen molar-refractivity contribution in [2.24, 2.45) is 4.99 Å². The molecule has 7 nitrogen and oxygen atoms in total. The van der Waals surface area contributed by atoms with Crippen LogP contribution >= 0.6 is 0 Å². The number of guanidine groups is 1. The van der Waals surface area contributed by atoms with Crippen LogP contribution in [-0.4, -0.2) is 70.0 Å². The van der Waals surface area contributed by atoms with Crippen molar-refractivity contribution >= 4 is 5.96 Å². The van der Waals surface area contributed by atoms with Crippen LogP contribution in [0.5, 0.6) is 11.5 Å². The van der Waals surface area contributed by atoms with E-state index in [1.165, 1.54) is 32.4 Å². The molecule has 9 heteroatoms. The zero-order chi connectivity index (χ0) is 22.1. The normalized spacial score (nSPS) is 19.8. The standard InChI is InChI=1S/C22H34F2N4O3/c1-25-21(26-15-17-6-7-18(29-2)14-19(17)31-20(23)24)27-16-22(8-4-3-5-9-22)28-10-12-30-13-11-28/h6-7,14,20H,3-5,8-13,15-16H2,1-2H3,(H2,25,26,27). The molecule has 3 rings (SSSR count). The van der Waals surface area contributed by atoms with E-state index in [1.54, 1.807) is 19.2 Å². The highest BCUT2D eigenvalue weighted by Gasteiger charge is 2.38. The molecule has 0 amide bonds. The lowest BCUT2D eigenvalue weighted by Crippen LogP contribution is -2.60. The summed E-state index contributed by atoms with van der Waals surface area (Å²) < 4.78 is 41.0. The number of rotatable bonds is 8. The van der Waals surface area contributed by atoms with Crippen LogP contribution in [0, 0.1) is 0 Å². The molecule has 2 N–H and O–H groups in total. The van der Waals surface area contributed by atoms with Crippen molar-refractivity contribution in [3.63, 3.8) is 0 Å². The summed E-state index contributed by atoms with van der Waals surface area (Å²) in [4.78, 5) is 6.89. The fourth-order valence-corrected chi connectivity index (χ4v) is 4.51. The van der Waals surface area contributed by atoms with E-state index in [2.05, 4.69) is 25.3 Å². The molecule has 2 fully saturated rings. The van der Waals surface area contributed by atoms with Crippen LogP contribution in [0.1, 0.15) is 37.7 Å². The van der Waals surface area contributed by atoms with Crippen LogP contribution in [-0.2, 0) is 11.3 Å². The summed E-state index contributed by atoms with van der Waals surface area (Å²) in [5.41, 5.74) is 0.702. The number of ether oxygens (including phenoxy) is 3. The van der Waals surface area contributed by atoms with E-state index in [0.29, 0.717) is 23.8 Å². The molecule has 1 aromatic rings. The van der Waals surface area contributed by atoms with Crippen LogP contribution in [0.4, 0.5) is 8.78 Å². The van der Waals surface area contributed by atoms with Crippen molar-refractivity contribution in [1.82, 2.24) is 15.5 Å². The fraction of sp³-hybridized carbons (Fsp3) is 0.682. The third-order valence-electron chi connectivity index (χ3n) is 6.21. The Balaban J connectivity index is 1.62. The van der Waals surface area contributed by atoms with Gasteiger partial charge in [-0.1, -0.05) is 19.3 Å². The summed E-state index contributed by atoms with van der Waals surface area (Å²) in [6.07, 6.45) is 6.05. The molecule has 0 aromatic heterocycles. The first-order chi connectivity index (χ1) is 15.1. The molecule has 0 unspecified atom stereocenters. The number of morpholine rings is 1. The summed E-state index contributed by atoms with van der Waals surface area (Å²) in [6.45, 7) is 1.65. The predicted octanol–water partition coefficient (Wildman–Crippen LogP) is 3.00. The maximum atomic E-state index is 12.8. The zero-order valence-corrected chi connectivity index (χ0v) is 18.5. The zero-order valence-electron chi connectivity index (χ0n) is 18.5. The third-order valence-corrected chi connectivity index (χ3v) is 6.21. The molecular weight excluding hydrogens is 406 g/mol. The Bertz CT molecular complexity index is 721. The number of hydrogen-bond acceptors (Lipinski definition) is 5. The molecule has 2 aliphatic rings. The topological polar surface area (TPSA) is 67.4 Å². The first-order valence-corrected chi connectivity index (χ1v) is 11.0. The van der Waals surface area contributed by atoms with E-state index in [4.69, 9.17) is 9.47 Å². The summed E-state index contributed by atoms with van der Waals surface area (Å²) in [5, 5.41) is 6.70. The van der Waals surface area contributed by atoms with Gasteiger partial charge in [0, 0.05) is 50.4 Å². The molecule has 0 spiro atoms. The Morgan fingerprint density at radius 1 is 1.19 bits per heavy atom. The lowest BCUT2D eigenvalue weighted by molar-refractivity contribution is -0.0505. The number of hydrogen-bond donors (Lipinski definition) is 2. The van der Waals surface area contributed by atoms with E-state index >= 15 is 0 Å². The highest BCUT2D eigenvalue weighted by molar-refractivity contribution is 5.79. The van der Waals surface area contributed by atoms with Crippen molar-refractivity contribution in [2.45, 2.75) is 50.8 Å². The van der Waals surface area contributed by atoms with Gasteiger partial charge in [-0.25, -0.2) is 0 Å².